The lowest BCUT2D eigenvalue weighted by molar-refractivity contribution is 0.0263. The quantitative estimate of drug-likeness (QED) is 0.828. The zero-order valence-electron chi connectivity index (χ0n) is 11.3. The van der Waals surface area contributed by atoms with Gasteiger partial charge in [-0.15, -0.1) is 11.3 Å². The normalized spacial score (nSPS) is 23.9. The summed E-state index contributed by atoms with van der Waals surface area (Å²) in [6, 6.07) is 4.14. The number of hydrogen-bond acceptors (Lipinski definition) is 4. The number of nitrogens with zero attached hydrogens (tertiary/aromatic N) is 1. The maximum absolute atomic E-state index is 9.89. The predicted molar refractivity (Wildman–Crippen MR) is 78.0 cm³/mol. The van der Waals surface area contributed by atoms with Crippen molar-refractivity contribution >= 4 is 11.3 Å². The fraction of sp³-hybridized carbons (Fsp3) is 0.600. The third-order valence-electron chi connectivity index (χ3n) is 3.49. The molecule has 2 unspecified atom stereocenters. The monoisotopic (exact) mass is 279 g/mol. The summed E-state index contributed by atoms with van der Waals surface area (Å²) in [7, 11) is 0. The van der Waals surface area contributed by atoms with E-state index in [-0.39, 0.29) is 12.7 Å². The van der Waals surface area contributed by atoms with Crippen molar-refractivity contribution in [3.05, 3.63) is 21.9 Å². The zero-order chi connectivity index (χ0) is 13.7. The lowest BCUT2D eigenvalue weighted by Crippen LogP contribution is -2.42. The minimum atomic E-state index is -0.197. The fourth-order valence-electron chi connectivity index (χ4n) is 2.21. The van der Waals surface area contributed by atoms with Crippen molar-refractivity contribution in [2.75, 3.05) is 19.7 Å². The van der Waals surface area contributed by atoms with E-state index in [0.717, 1.165) is 30.9 Å². The molecule has 0 aromatic carbocycles. The van der Waals surface area contributed by atoms with Crippen molar-refractivity contribution in [2.24, 2.45) is 5.92 Å². The molecule has 19 heavy (non-hydrogen) atoms. The number of likely N-dealkylation sites (tertiary alicyclic amines) is 1. The van der Waals surface area contributed by atoms with Crippen LogP contribution in [0.1, 0.15) is 29.5 Å². The summed E-state index contributed by atoms with van der Waals surface area (Å²) in [5, 5.41) is 18.6. The Morgan fingerprint density at radius 1 is 1.47 bits per heavy atom. The highest BCUT2D eigenvalue weighted by Gasteiger charge is 2.24. The highest BCUT2D eigenvalue weighted by atomic mass is 32.1. The molecule has 104 valence electrons. The summed E-state index contributed by atoms with van der Waals surface area (Å²) in [4.78, 5) is 4.64. The number of piperidine rings is 1. The Balaban J connectivity index is 1.88. The van der Waals surface area contributed by atoms with Crippen molar-refractivity contribution in [3.63, 3.8) is 0 Å². The van der Waals surface area contributed by atoms with Crippen LogP contribution in [-0.4, -0.2) is 40.9 Å². The highest BCUT2D eigenvalue weighted by Crippen LogP contribution is 2.22. The van der Waals surface area contributed by atoms with E-state index in [1.807, 2.05) is 6.07 Å². The molecule has 1 aromatic heterocycles. The van der Waals surface area contributed by atoms with Gasteiger partial charge in [-0.1, -0.05) is 18.8 Å². The molecule has 1 saturated heterocycles. The maximum atomic E-state index is 9.89. The van der Waals surface area contributed by atoms with Crippen LogP contribution in [0.25, 0.3) is 0 Å². The third-order valence-corrected chi connectivity index (χ3v) is 4.48. The van der Waals surface area contributed by atoms with Gasteiger partial charge in [0.25, 0.3) is 0 Å². The molecule has 1 aromatic rings. The summed E-state index contributed by atoms with van der Waals surface area (Å²) in [5.74, 6) is 6.41. The Morgan fingerprint density at radius 2 is 2.32 bits per heavy atom. The molecule has 1 aliphatic heterocycles. The van der Waals surface area contributed by atoms with Gasteiger partial charge in [-0.2, -0.15) is 0 Å². The second-order valence-corrected chi connectivity index (χ2v) is 6.28. The van der Waals surface area contributed by atoms with Crippen molar-refractivity contribution in [2.45, 2.75) is 32.4 Å². The van der Waals surface area contributed by atoms with Gasteiger partial charge in [-0.3, -0.25) is 4.90 Å². The summed E-state index contributed by atoms with van der Waals surface area (Å²) in [6.45, 7) is 4.96. The summed E-state index contributed by atoms with van der Waals surface area (Å²) >= 11 is 1.70. The first-order valence-corrected chi connectivity index (χ1v) is 7.59. The Hall–Kier alpha value is -0.860. The van der Waals surface area contributed by atoms with E-state index >= 15 is 0 Å². The van der Waals surface area contributed by atoms with Crippen LogP contribution >= 0.6 is 11.3 Å². The number of aliphatic hydroxyl groups is 2. The van der Waals surface area contributed by atoms with E-state index in [1.54, 1.807) is 11.3 Å². The van der Waals surface area contributed by atoms with Crippen LogP contribution in [0, 0.1) is 17.8 Å². The molecule has 2 rings (SSSR count). The van der Waals surface area contributed by atoms with E-state index in [0.29, 0.717) is 12.3 Å². The molecule has 0 radical (unpaired) electrons. The first-order chi connectivity index (χ1) is 9.19. The second-order valence-electron chi connectivity index (χ2n) is 5.11. The Kier molecular flexibility index (Phi) is 5.41. The topological polar surface area (TPSA) is 43.7 Å². The van der Waals surface area contributed by atoms with E-state index in [2.05, 4.69) is 29.7 Å². The largest absolute Gasteiger partial charge is 0.395 e. The molecule has 1 fully saturated rings. The molecule has 0 bridgehead atoms. The Morgan fingerprint density at radius 3 is 3.05 bits per heavy atom. The molecule has 2 atom stereocenters. The van der Waals surface area contributed by atoms with E-state index < -0.39 is 0 Å². The number of β-amino-alcohol motifs (C(OH)–C–C–N with tert-alkyl or cyclic N) is 1. The van der Waals surface area contributed by atoms with E-state index in [1.165, 1.54) is 4.88 Å². The smallest absolute Gasteiger partial charge is 0.0771 e. The summed E-state index contributed by atoms with van der Waals surface area (Å²) in [5.41, 5.74) is 0. The molecule has 0 spiro atoms. The highest BCUT2D eigenvalue weighted by molar-refractivity contribution is 7.12. The van der Waals surface area contributed by atoms with Crippen LogP contribution in [0.5, 0.6) is 0 Å². The van der Waals surface area contributed by atoms with Crippen LogP contribution < -0.4 is 0 Å². The van der Waals surface area contributed by atoms with Crippen LogP contribution in [0.15, 0.2) is 12.1 Å². The fourth-order valence-corrected chi connectivity index (χ4v) is 3.14. The van der Waals surface area contributed by atoms with E-state index in [4.69, 9.17) is 5.11 Å². The summed E-state index contributed by atoms with van der Waals surface area (Å²) in [6.07, 6.45) is 1.40. The Bertz CT molecular complexity index is 460. The number of rotatable bonds is 3. The Labute approximate surface area is 118 Å². The van der Waals surface area contributed by atoms with Crippen molar-refractivity contribution in [1.82, 2.24) is 4.90 Å². The SMILES string of the molecule is CC1CCN(Cc2ccc(C#CCCO)s2)CC1O. The molecule has 0 amide bonds. The molecule has 0 aliphatic carbocycles. The minimum absolute atomic E-state index is 0.120. The van der Waals surface area contributed by atoms with Gasteiger partial charge in [0.1, 0.15) is 0 Å². The lowest BCUT2D eigenvalue weighted by atomic mass is 9.96. The van der Waals surface area contributed by atoms with Gasteiger partial charge in [-0.05, 0) is 31.0 Å². The van der Waals surface area contributed by atoms with Gasteiger partial charge in [0.05, 0.1) is 17.6 Å². The van der Waals surface area contributed by atoms with E-state index in [9.17, 15) is 5.11 Å². The van der Waals surface area contributed by atoms with Gasteiger partial charge in [-0.25, -0.2) is 0 Å². The molecule has 2 heterocycles. The van der Waals surface area contributed by atoms with Gasteiger partial charge in [0.15, 0.2) is 0 Å². The van der Waals surface area contributed by atoms with Crippen molar-refractivity contribution in [3.8, 4) is 11.8 Å². The molecule has 1 aliphatic rings. The standard InChI is InChI=1S/C15H21NO2S/c1-12-7-8-16(11-15(12)18)10-14-6-5-13(19-14)4-2-3-9-17/h5-6,12,15,17-18H,3,7-11H2,1H3. The third kappa shape index (κ3) is 4.32. The number of thiophene rings is 1. The number of hydrogen-bond donors (Lipinski definition) is 2. The molecular formula is C15H21NO2S. The van der Waals surface area contributed by atoms with Gasteiger partial charge in [0.2, 0.25) is 0 Å². The molecule has 2 N–H and O–H groups in total. The minimum Gasteiger partial charge on any atom is -0.395 e. The van der Waals surface area contributed by atoms with Gasteiger partial charge < -0.3 is 10.2 Å². The molecule has 0 saturated carbocycles. The average Bonchev–Trinajstić information content (AvgIpc) is 2.82. The molecular weight excluding hydrogens is 258 g/mol. The summed E-state index contributed by atoms with van der Waals surface area (Å²) < 4.78 is 0. The lowest BCUT2D eigenvalue weighted by Gasteiger charge is -2.33. The van der Waals surface area contributed by atoms with Crippen LogP contribution in [0.3, 0.4) is 0 Å². The van der Waals surface area contributed by atoms with Crippen LogP contribution in [-0.2, 0) is 6.54 Å². The predicted octanol–water partition coefficient (Wildman–Crippen LogP) is 1.68. The zero-order valence-corrected chi connectivity index (χ0v) is 12.1. The maximum Gasteiger partial charge on any atom is 0.0771 e. The van der Waals surface area contributed by atoms with Crippen molar-refractivity contribution in [1.29, 1.82) is 0 Å². The first-order valence-electron chi connectivity index (χ1n) is 6.78. The van der Waals surface area contributed by atoms with Gasteiger partial charge in [0, 0.05) is 24.4 Å². The van der Waals surface area contributed by atoms with Crippen LogP contribution in [0.4, 0.5) is 0 Å². The molecule has 4 heteroatoms. The number of aliphatic hydroxyl groups excluding tert-OH is 2. The second kappa shape index (κ2) is 7.06. The van der Waals surface area contributed by atoms with Crippen LogP contribution in [0.2, 0.25) is 0 Å². The molecule has 3 nitrogen and oxygen atoms in total. The first kappa shape index (κ1) is 14.5. The van der Waals surface area contributed by atoms with Gasteiger partial charge >= 0.3 is 0 Å². The van der Waals surface area contributed by atoms with Crippen molar-refractivity contribution < 1.29 is 10.2 Å². The average molecular weight is 279 g/mol.